The molecule has 4 rings (SSSR count). The number of piperidine rings is 1. The van der Waals surface area contributed by atoms with Crippen LogP contribution in [0.25, 0.3) is 11.0 Å². The molecule has 2 fully saturated rings. The van der Waals surface area contributed by atoms with Crippen LogP contribution in [0.3, 0.4) is 0 Å². The van der Waals surface area contributed by atoms with Gasteiger partial charge in [-0.15, -0.1) is 0 Å². The van der Waals surface area contributed by atoms with Gasteiger partial charge >= 0.3 is 5.69 Å². The van der Waals surface area contributed by atoms with Crippen molar-refractivity contribution in [2.24, 2.45) is 5.92 Å². The average molecular weight is 341 g/mol. The van der Waals surface area contributed by atoms with Crippen LogP contribution in [-0.2, 0) is 16.1 Å². The molecular weight excluding hydrogens is 318 g/mol. The molecule has 25 heavy (non-hydrogen) atoms. The minimum Gasteiger partial charge on any atom is -0.295 e. The lowest BCUT2D eigenvalue weighted by Crippen LogP contribution is -2.44. The lowest BCUT2D eigenvalue weighted by molar-refractivity contribution is -0.135. The number of benzene rings is 1. The van der Waals surface area contributed by atoms with E-state index in [-0.39, 0.29) is 23.9 Å². The molecule has 0 bridgehead atoms. The molecule has 1 atom stereocenters. The summed E-state index contributed by atoms with van der Waals surface area (Å²) in [7, 11) is 0. The fraction of sp³-hybridized carbons (Fsp3) is 0.526. The minimum absolute atomic E-state index is 0.141. The summed E-state index contributed by atoms with van der Waals surface area (Å²) in [5, 5.41) is 2.36. The SMILES string of the molecule is CC(C)c1ccc2c(c1)n(CC1CC1)c(=O)n2C1CCC(=O)NC1=O. The predicted molar refractivity (Wildman–Crippen MR) is 94.4 cm³/mol. The van der Waals surface area contributed by atoms with E-state index in [1.165, 1.54) is 5.56 Å². The Labute approximate surface area is 145 Å². The van der Waals surface area contributed by atoms with Gasteiger partial charge in [-0.25, -0.2) is 4.79 Å². The Morgan fingerprint density at radius 3 is 2.52 bits per heavy atom. The Balaban J connectivity index is 1.88. The largest absolute Gasteiger partial charge is 0.329 e. The summed E-state index contributed by atoms with van der Waals surface area (Å²) in [6.07, 6.45) is 2.95. The van der Waals surface area contributed by atoms with E-state index < -0.39 is 6.04 Å². The maximum atomic E-state index is 13.1. The third-order valence-electron chi connectivity index (χ3n) is 5.31. The molecule has 132 valence electrons. The molecular formula is C19H23N3O3. The van der Waals surface area contributed by atoms with Gasteiger partial charge in [-0.2, -0.15) is 0 Å². The van der Waals surface area contributed by atoms with Gasteiger partial charge < -0.3 is 0 Å². The third kappa shape index (κ3) is 2.79. The van der Waals surface area contributed by atoms with Crippen LogP contribution in [0.4, 0.5) is 0 Å². The van der Waals surface area contributed by atoms with E-state index in [4.69, 9.17) is 0 Å². The zero-order valence-corrected chi connectivity index (χ0v) is 14.6. The van der Waals surface area contributed by atoms with Crippen molar-refractivity contribution in [1.82, 2.24) is 14.5 Å². The van der Waals surface area contributed by atoms with Crippen LogP contribution in [-0.4, -0.2) is 20.9 Å². The van der Waals surface area contributed by atoms with Gasteiger partial charge in [0, 0.05) is 13.0 Å². The van der Waals surface area contributed by atoms with Gasteiger partial charge in [0.25, 0.3) is 0 Å². The van der Waals surface area contributed by atoms with Gasteiger partial charge in [-0.3, -0.25) is 24.0 Å². The van der Waals surface area contributed by atoms with E-state index in [1.54, 1.807) is 4.57 Å². The molecule has 1 unspecified atom stereocenters. The zero-order valence-electron chi connectivity index (χ0n) is 14.6. The molecule has 6 nitrogen and oxygen atoms in total. The highest BCUT2D eigenvalue weighted by atomic mass is 16.2. The number of nitrogens with one attached hydrogen (secondary N) is 1. The molecule has 1 aliphatic carbocycles. The van der Waals surface area contributed by atoms with Gasteiger partial charge in [-0.1, -0.05) is 19.9 Å². The maximum Gasteiger partial charge on any atom is 0.329 e. The summed E-state index contributed by atoms with van der Waals surface area (Å²) in [5.41, 5.74) is 2.71. The van der Waals surface area contributed by atoms with Crippen molar-refractivity contribution in [2.75, 3.05) is 0 Å². The lowest BCUT2D eigenvalue weighted by atomic mass is 10.0. The number of fused-ring (bicyclic) bond motifs is 1. The number of imide groups is 1. The van der Waals surface area contributed by atoms with E-state index in [0.717, 1.165) is 23.9 Å². The van der Waals surface area contributed by atoms with E-state index >= 15 is 0 Å². The van der Waals surface area contributed by atoms with E-state index in [2.05, 4.69) is 25.2 Å². The molecule has 2 aliphatic rings. The van der Waals surface area contributed by atoms with Crippen LogP contribution >= 0.6 is 0 Å². The smallest absolute Gasteiger partial charge is 0.295 e. The first-order chi connectivity index (χ1) is 12.0. The van der Waals surface area contributed by atoms with Crippen LogP contribution < -0.4 is 11.0 Å². The van der Waals surface area contributed by atoms with Gasteiger partial charge in [0.05, 0.1) is 11.0 Å². The summed E-state index contributed by atoms with van der Waals surface area (Å²) in [6.45, 7) is 4.96. The highest BCUT2D eigenvalue weighted by Crippen LogP contribution is 2.32. The van der Waals surface area contributed by atoms with Crippen molar-refractivity contribution in [1.29, 1.82) is 0 Å². The van der Waals surface area contributed by atoms with E-state index in [1.807, 2.05) is 16.7 Å². The third-order valence-corrected chi connectivity index (χ3v) is 5.31. The normalized spacial score (nSPS) is 21.2. The number of aromatic nitrogens is 2. The second-order valence-electron chi connectivity index (χ2n) is 7.58. The van der Waals surface area contributed by atoms with Crippen molar-refractivity contribution in [3.05, 3.63) is 34.2 Å². The number of hydrogen-bond donors (Lipinski definition) is 1. The number of imidazole rings is 1. The Kier molecular flexibility index (Phi) is 3.78. The second-order valence-corrected chi connectivity index (χ2v) is 7.58. The number of amides is 2. The monoisotopic (exact) mass is 341 g/mol. The number of rotatable bonds is 4. The fourth-order valence-electron chi connectivity index (χ4n) is 3.62. The van der Waals surface area contributed by atoms with Crippen LogP contribution in [0, 0.1) is 5.92 Å². The maximum absolute atomic E-state index is 13.1. The Morgan fingerprint density at radius 2 is 1.88 bits per heavy atom. The Bertz CT molecular complexity index is 918. The van der Waals surface area contributed by atoms with Crippen molar-refractivity contribution in [3.8, 4) is 0 Å². The molecule has 1 aromatic heterocycles. The lowest BCUT2D eigenvalue weighted by Gasteiger charge is -2.22. The molecule has 0 spiro atoms. The molecule has 1 saturated heterocycles. The minimum atomic E-state index is -0.613. The highest BCUT2D eigenvalue weighted by molar-refractivity contribution is 6.00. The molecule has 1 aliphatic heterocycles. The summed E-state index contributed by atoms with van der Waals surface area (Å²) >= 11 is 0. The van der Waals surface area contributed by atoms with Crippen LogP contribution in [0.1, 0.15) is 57.1 Å². The average Bonchev–Trinajstić information content (AvgIpc) is 3.34. The molecule has 1 N–H and O–H groups in total. The first-order valence-electron chi connectivity index (χ1n) is 9.04. The first-order valence-corrected chi connectivity index (χ1v) is 9.04. The van der Waals surface area contributed by atoms with E-state index in [0.29, 0.717) is 24.8 Å². The fourth-order valence-corrected chi connectivity index (χ4v) is 3.62. The van der Waals surface area contributed by atoms with Crippen LogP contribution in [0.15, 0.2) is 23.0 Å². The summed E-state index contributed by atoms with van der Waals surface area (Å²) in [4.78, 5) is 36.9. The summed E-state index contributed by atoms with van der Waals surface area (Å²) in [6, 6.07) is 5.43. The second kappa shape index (κ2) is 5.86. The Hall–Kier alpha value is -2.37. The first kappa shape index (κ1) is 16.1. The molecule has 2 amide bonds. The number of carbonyl (C=O) groups excluding carboxylic acids is 2. The van der Waals surface area contributed by atoms with Gasteiger partial charge in [0.15, 0.2) is 0 Å². The quantitative estimate of drug-likeness (QED) is 0.868. The molecule has 1 saturated carbocycles. The number of hydrogen-bond acceptors (Lipinski definition) is 3. The molecule has 6 heteroatoms. The molecule has 0 radical (unpaired) electrons. The standard InChI is InChI=1S/C19H23N3O3/c1-11(2)13-5-6-14-16(9-13)21(10-12-3-4-12)19(25)22(14)15-7-8-17(23)20-18(15)24/h5-6,9,11-12,15H,3-4,7-8,10H2,1-2H3,(H,20,23,24). The predicted octanol–water partition coefficient (Wildman–Crippen LogP) is 2.31. The summed E-state index contributed by atoms with van der Waals surface area (Å²) in [5.74, 6) is 0.281. The molecule has 2 aromatic rings. The highest BCUT2D eigenvalue weighted by Gasteiger charge is 2.32. The van der Waals surface area contributed by atoms with Gasteiger partial charge in [0.1, 0.15) is 6.04 Å². The van der Waals surface area contributed by atoms with Crippen molar-refractivity contribution >= 4 is 22.8 Å². The number of nitrogens with zero attached hydrogens (tertiary/aromatic N) is 2. The van der Waals surface area contributed by atoms with Crippen molar-refractivity contribution < 1.29 is 9.59 Å². The summed E-state index contributed by atoms with van der Waals surface area (Å²) < 4.78 is 3.41. The molecule has 1 aromatic carbocycles. The van der Waals surface area contributed by atoms with Gasteiger partial charge in [-0.05, 0) is 48.8 Å². The van der Waals surface area contributed by atoms with Crippen molar-refractivity contribution in [3.63, 3.8) is 0 Å². The van der Waals surface area contributed by atoms with Gasteiger partial charge in [0.2, 0.25) is 11.8 Å². The number of carbonyl (C=O) groups is 2. The molecule has 2 heterocycles. The topological polar surface area (TPSA) is 73.1 Å². The van der Waals surface area contributed by atoms with Crippen LogP contribution in [0.5, 0.6) is 0 Å². The van der Waals surface area contributed by atoms with E-state index in [9.17, 15) is 14.4 Å². The van der Waals surface area contributed by atoms with Crippen molar-refractivity contribution in [2.45, 2.75) is 58.0 Å². The van der Waals surface area contributed by atoms with Crippen LogP contribution in [0.2, 0.25) is 0 Å². The zero-order chi connectivity index (χ0) is 17.7. The Morgan fingerprint density at radius 1 is 1.12 bits per heavy atom.